The molecule has 10 aromatic rings. The Morgan fingerprint density at radius 1 is 0.370 bits per heavy atom. The first kappa shape index (κ1) is 11.9. The Labute approximate surface area is 364 Å². The smallest absolute Gasteiger partial charge is 0.145 e. The summed E-state index contributed by atoms with van der Waals surface area (Å²) in [5, 5.41) is -3.07. The van der Waals surface area contributed by atoms with Gasteiger partial charge in [-0.2, -0.15) is 0 Å². The zero-order valence-electron chi connectivity index (χ0n) is 61.9. The van der Waals surface area contributed by atoms with Crippen LogP contribution in [0.5, 0.6) is 0 Å². The van der Waals surface area contributed by atoms with Crippen LogP contribution in [-0.4, -0.2) is 0 Å². The molecule has 0 aliphatic carbocycles. The third-order valence-corrected chi connectivity index (χ3v) is 7.87. The first-order valence-corrected chi connectivity index (χ1v) is 15.6. The molecule has 0 fully saturated rings. The highest BCUT2D eigenvalue weighted by Gasteiger charge is 2.22. The Balaban J connectivity index is 1.45. The number of hydrogen-bond donors (Lipinski definition) is 0. The largest absolute Gasteiger partial charge is 0.455 e. The van der Waals surface area contributed by atoms with Gasteiger partial charge in [-0.15, -0.1) is 0 Å². The highest BCUT2D eigenvalue weighted by Crippen LogP contribution is 2.47. The maximum Gasteiger partial charge on any atom is 0.145 e. The Morgan fingerprint density at radius 2 is 0.926 bits per heavy atom. The van der Waals surface area contributed by atoms with Crippen molar-refractivity contribution in [2.24, 2.45) is 0 Å². The SMILES string of the molecule is [2H]c1c([2H])c([2H])c(-c2c([2H])c([2H])c(-c3c([2H])c([2H])c(N(c4c([2H])c([2H])c([2H])c(-c5c([2H])c([2H])c([2H])c([2H])c5[2H])c4[2H])c4c([2H])c([2H])c(-c5c([2H])c([2H])c6c([2H])c([2H])c([2H])c([2H])c6c5[2H])c5oc6c([2H])c([2H])c([2H])c([2H])c6c45)c([2H])c3[2H])c([2H])c2[2H])c([2H])c1[2H]. The van der Waals surface area contributed by atoms with Crippen LogP contribution in [0.25, 0.3) is 77.2 Å². The second-order valence-electron chi connectivity index (χ2n) is 11.0. The van der Waals surface area contributed by atoms with Crippen LogP contribution in [0.3, 0.4) is 0 Å². The monoisotopic (exact) mass is 724 g/mol. The first-order valence-electron chi connectivity index (χ1n) is 33.1. The summed E-state index contributed by atoms with van der Waals surface area (Å²) >= 11 is 0. The number of benzene rings is 9. The molecule has 0 amide bonds. The minimum absolute atomic E-state index is 0.306. The minimum atomic E-state index is -1.40. The van der Waals surface area contributed by atoms with Crippen molar-refractivity contribution in [1.29, 1.82) is 0 Å². The quantitative estimate of drug-likeness (QED) is 0.163. The molecule has 2 heteroatoms. The van der Waals surface area contributed by atoms with E-state index in [2.05, 4.69) is 0 Å². The van der Waals surface area contributed by atoms with Crippen LogP contribution in [0.4, 0.5) is 17.1 Å². The number of para-hydroxylation sites is 1. The Kier molecular flexibility index (Phi) is 2.97. The minimum Gasteiger partial charge on any atom is -0.455 e. The van der Waals surface area contributed by atoms with E-state index >= 15 is 0 Å². The average molecular weight is 725 g/mol. The van der Waals surface area contributed by atoms with Gasteiger partial charge >= 0.3 is 0 Å². The number of hydrogen-bond acceptors (Lipinski definition) is 2. The van der Waals surface area contributed by atoms with Crippen LogP contribution in [0.2, 0.25) is 0 Å². The zero-order valence-corrected chi connectivity index (χ0v) is 26.9. The molecule has 0 unspecified atom stereocenters. The van der Waals surface area contributed by atoms with Gasteiger partial charge < -0.3 is 9.32 Å². The van der Waals surface area contributed by atoms with E-state index in [9.17, 15) is 19.2 Å². The van der Waals surface area contributed by atoms with Gasteiger partial charge in [0.2, 0.25) is 0 Å². The summed E-state index contributed by atoms with van der Waals surface area (Å²) in [6, 6.07) is -38.4. The van der Waals surface area contributed by atoms with Crippen LogP contribution in [0.1, 0.15) is 48.0 Å². The van der Waals surface area contributed by atoms with Crippen LogP contribution < -0.4 is 4.90 Å². The van der Waals surface area contributed by atoms with E-state index in [1.54, 1.807) is 0 Å². The molecule has 0 saturated heterocycles. The third kappa shape index (κ3) is 5.71. The molecule has 1 aromatic heterocycles. The lowest BCUT2D eigenvalue weighted by atomic mass is 9.97. The molecule has 0 bridgehead atoms. The molecule has 9 aromatic carbocycles. The van der Waals surface area contributed by atoms with E-state index in [0.717, 1.165) is 0 Å². The molecule has 0 atom stereocenters. The lowest BCUT2D eigenvalue weighted by Gasteiger charge is -2.27. The van der Waals surface area contributed by atoms with Gasteiger partial charge in [0.1, 0.15) is 11.2 Å². The van der Waals surface area contributed by atoms with Crippen LogP contribution in [0, 0.1) is 0 Å². The normalized spacial score (nSPS) is 20.4. The molecule has 2 nitrogen and oxygen atoms in total. The summed E-state index contributed by atoms with van der Waals surface area (Å²) in [5.74, 6) is 0. The summed E-state index contributed by atoms with van der Waals surface area (Å²) in [4.78, 5) is 0.306. The van der Waals surface area contributed by atoms with Crippen molar-refractivity contribution < 1.29 is 52.4 Å². The predicted octanol–water partition coefficient (Wildman–Crippen LogP) is 14.9. The molecule has 10 rings (SSSR count). The van der Waals surface area contributed by atoms with E-state index in [1.165, 1.54) is 0 Å². The molecule has 0 saturated carbocycles. The molecule has 0 N–H and O–H groups in total. The number of nitrogens with zero attached hydrogens (tertiary/aromatic N) is 1. The summed E-state index contributed by atoms with van der Waals surface area (Å²) in [6.07, 6.45) is 0. The average Bonchev–Trinajstić information content (AvgIpc) is 1.69. The van der Waals surface area contributed by atoms with Gasteiger partial charge in [-0.1, -0.05) is 163 Å². The van der Waals surface area contributed by atoms with Gasteiger partial charge in [-0.05, 0) is 98.1 Å². The third-order valence-electron chi connectivity index (χ3n) is 7.87. The van der Waals surface area contributed by atoms with E-state index < -0.39 is 306 Å². The van der Waals surface area contributed by atoms with E-state index in [1.807, 2.05) is 0 Å². The molecular weight excluding hydrogens is 655 g/mol. The fourth-order valence-corrected chi connectivity index (χ4v) is 5.47. The molecule has 1 heterocycles. The molecule has 0 radical (unpaired) electrons. The van der Waals surface area contributed by atoms with E-state index in [0.29, 0.717) is 4.90 Å². The molecular formula is C52H35NO. The van der Waals surface area contributed by atoms with Crippen LogP contribution >= 0.6 is 0 Å². The lowest BCUT2D eigenvalue weighted by Crippen LogP contribution is -2.10. The zero-order chi connectivity index (χ0) is 66.3. The maximum atomic E-state index is 10.1. The first-order chi connectivity index (χ1) is 41.4. The van der Waals surface area contributed by atoms with Crippen LogP contribution in [-0.2, 0) is 0 Å². The number of fused-ring (bicyclic) bond motifs is 4. The fraction of sp³-hybridized carbons (Fsp3) is 0. The summed E-state index contributed by atoms with van der Waals surface area (Å²) in [5.41, 5.74) is -13.1. The van der Waals surface area contributed by atoms with E-state index in [-0.39, 0.29) is 0 Å². The van der Waals surface area contributed by atoms with Crippen molar-refractivity contribution in [3.63, 3.8) is 0 Å². The van der Waals surface area contributed by atoms with Gasteiger partial charge in [-0.25, -0.2) is 0 Å². The highest BCUT2D eigenvalue weighted by molar-refractivity contribution is 6.17. The molecule has 0 aliphatic heterocycles. The molecule has 0 aliphatic rings. The van der Waals surface area contributed by atoms with Gasteiger partial charge in [0.25, 0.3) is 0 Å². The van der Waals surface area contributed by atoms with Crippen LogP contribution in [0.15, 0.2) is 216 Å². The number of furan rings is 1. The van der Waals surface area contributed by atoms with Crippen molar-refractivity contribution in [1.82, 2.24) is 0 Å². The second-order valence-corrected chi connectivity index (χ2v) is 11.0. The second kappa shape index (κ2) is 13.4. The summed E-state index contributed by atoms with van der Waals surface area (Å²) in [6.45, 7) is 0. The standard InChI is InChI=1S/C52H35NO/c1-3-12-36(13-4-1)39-22-24-40(25-23-39)41-28-30-45(31-29-41)53(46-19-11-18-43(35-46)37-14-5-2-6-15-37)49-33-32-47(44-27-26-38-16-7-8-17-42(38)34-44)52-51(49)48-20-9-10-21-50(48)54-52/h1-35H/i1D,2D,3D,4D,5D,6D,7D,8D,9D,10D,11D,12D,13D,14D,15D,16D,17D,18D,19D,20D,21D,22D,23D,24D,25D,26D,27D,28D,29D,30D,31D,32D,33D,34D,35D. The lowest BCUT2D eigenvalue weighted by molar-refractivity contribution is 0.670. The predicted molar refractivity (Wildman–Crippen MR) is 228 cm³/mol. The van der Waals surface area contributed by atoms with Gasteiger partial charge in [0.05, 0.1) is 59.1 Å². The number of rotatable bonds is 7. The highest BCUT2D eigenvalue weighted by atomic mass is 16.3. The Hall–Kier alpha value is -7.16. The summed E-state index contributed by atoms with van der Waals surface area (Å²) < 4.78 is 321. The van der Waals surface area contributed by atoms with Crippen molar-refractivity contribution >= 4 is 49.8 Å². The van der Waals surface area contributed by atoms with Gasteiger partial charge in [0.15, 0.2) is 0 Å². The number of anilines is 3. The van der Waals surface area contributed by atoms with Gasteiger partial charge in [-0.3, -0.25) is 0 Å². The van der Waals surface area contributed by atoms with Crippen molar-refractivity contribution in [2.45, 2.75) is 0 Å². The molecule has 254 valence electrons. The summed E-state index contributed by atoms with van der Waals surface area (Å²) in [7, 11) is 0. The Morgan fingerprint density at radius 3 is 1.65 bits per heavy atom. The molecule has 54 heavy (non-hydrogen) atoms. The topological polar surface area (TPSA) is 16.4 Å². The van der Waals surface area contributed by atoms with Crippen molar-refractivity contribution in [3.8, 4) is 44.5 Å². The van der Waals surface area contributed by atoms with E-state index in [4.69, 9.17) is 33.2 Å². The van der Waals surface area contributed by atoms with Gasteiger partial charge in [0, 0.05) is 22.3 Å². The maximum absolute atomic E-state index is 10.1. The Bertz CT molecular complexity index is 4860. The molecule has 0 spiro atoms. The fourth-order valence-electron chi connectivity index (χ4n) is 5.47. The van der Waals surface area contributed by atoms with Crippen molar-refractivity contribution in [3.05, 3.63) is 211 Å². The van der Waals surface area contributed by atoms with Crippen molar-refractivity contribution in [2.75, 3.05) is 4.90 Å².